The highest BCUT2D eigenvalue weighted by Gasteiger charge is 2.11. The summed E-state index contributed by atoms with van der Waals surface area (Å²) in [6.45, 7) is 4.15. The number of hydrogen-bond acceptors (Lipinski definition) is 4. The van der Waals surface area contributed by atoms with Gasteiger partial charge in [0.15, 0.2) is 3.79 Å². The molecule has 1 aromatic heterocycles. The van der Waals surface area contributed by atoms with Crippen molar-refractivity contribution >= 4 is 26.4 Å². The first-order valence-electron chi connectivity index (χ1n) is 5.14. The maximum atomic E-state index is 10.7. The van der Waals surface area contributed by atoms with Crippen molar-refractivity contribution in [3.63, 3.8) is 0 Å². The molecule has 0 bridgehead atoms. The third-order valence-corrected chi connectivity index (χ3v) is 2.82. The Morgan fingerprint density at radius 3 is 2.87 bits per heavy atom. The Morgan fingerprint density at radius 1 is 1.53 bits per heavy atom. The van der Waals surface area contributed by atoms with Gasteiger partial charge in [0.25, 0.3) is 0 Å². The van der Waals surface area contributed by atoms with E-state index < -0.39 is 0 Å². The van der Waals surface area contributed by atoms with Crippen molar-refractivity contribution in [3.8, 4) is 0 Å². The number of hydrogen-bond donors (Lipinski definition) is 0. The smallest absolute Gasteiger partial charge is 0.219 e. The molecular weight excluding hydrogens is 307 g/mol. The number of rotatable bonds is 6. The zero-order valence-corrected chi connectivity index (χ0v) is 11.2. The van der Waals surface area contributed by atoms with Gasteiger partial charge in [0.05, 0.1) is 0 Å². The highest BCUT2D eigenvalue weighted by atomic mass is 127. The topological polar surface area (TPSA) is 56.0 Å². The van der Waals surface area contributed by atoms with E-state index in [0.29, 0.717) is 30.5 Å². The minimum Gasteiger partial charge on any atom is -0.425 e. The van der Waals surface area contributed by atoms with Crippen LogP contribution < -0.4 is 0 Å². The third-order valence-electron chi connectivity index (χ3n) is 2.28. The monoisotopic (exact) mass is 322 g/mol. The Morgan fingerprint density at radius 2 is 2.27 bits per heavy atom. The molecule has 0 aliphatic rings. The van der Waals surface area contributed by atoms with Crippen molar-refractivity contribution in [1.29, 1.82) is 0 Å². The van der Waals surface area contributed by atoms with Crippen molar-refractivity contribution in [1.82, 2.24) is 10.2 Å². The van der Waals surface area contributed by atoms with Crippen LogP contribution in [0.3, 0.4) is 0 Å². The van der Waals surface area contributed by atoms with Gasteiger partial charge in [-0.1, -0.05) is 13.8 Å². The Labute approximate surface area is 103 Å². The second kappa shape index (κ2) is 6.19. The molecule has 1 aromatic rings. The molecule has 0 aromatic carbocycles. The fraction of sp³-hybridized carbons (Fsp3) is 0.700. The van der Waals surface area contributed by atoms with Crippen LogP contribution in [0.15, 0.2) is 4.42 Å². The van der Waals surface area contributed by atoms with Crippen LogP contribution in [0.25, 0.3) is 0 Å². The minimum absolute atomic E-state index is 0.175. The second-order valence-electron chi connectivity index (χ2n) is 3.55. The van der Waals surface area contributed by atoms with Crippen LogP contribution in [0.1, 0.15) is 50.8 Å². The SMILES string of the molecule is CCC(C)c1nnc(CCCC(=O)I)o1. The summed E-state index contributed by atoms with van der Waals surface area (Å²) in [5.41, 5.74) is 0. The average Bonchev–Trinajstić information content (AvgIpc) is 2.65. The first-order valence-corrected chi connectivity index (χ1v) is 6.22. The molecule has 0 fully saturated rings. The van der Waals surface area contributed by atoms with Crippen molar-refractivity contribution in [2.24, 2.45) is 0 Å². The van der Waals surface area contributed by atoms with E-state index in [0.717, 1.165) is 12.8 Å². The fourth-order valence-corrected chi connectivity index (χ4v) is 1.50. The van der Waals surface area contributed by atoms with Crippen LogP contribution in [-0.4, -0.2) is 14.0 Å². The maximum Gasteiger partial charge on any atom is 0.219 e. The number of carbonyl (C=O) groups is 1. The predicted octanol–water partition coefficient (Wildman–Crippen LogP) is 2.87. The Balaban J connectivity index is 2.42. The largest absolute Gasteiger partial charge is 0.425 e. The average molecular weight is 322 g/mol. The number of nitrogens with zero attached hydrogens (tertiary/aromatic N) is 2. The molecule has 5 heteroatoms. The quantitative estimate of drug-likeness (QED) is 0.597. The van der Waals surface area contributed by atoms with Crippen molar-refractivity contribution in [2.75, 3.05) is 0 Å². The van der Waals surface area contributed by atoms with Crippen LogP contribution in [0.2, 0.25) is 0 Å². The van der Waals surface area contributed by atoms with Gasteiger partial charge in [-0.3, -0.25) is 4.79 Å². The maximum absolute atomic E-state index is 10.7. The van der Waals surface area contributed by atoms with Crippen LogP contribution >= 0.6 is 22.6 Å². The van der Waals surface area contributed by atoms with Gasteiger partial charge in [-0.05, 0) is 35.4 Å². The van der Waals surface area contributed by atoms with Gasteiger partial charge in [-0.15, -0.1) is 10.2 Å². The van der Waals surface area contributed by atoms with Crippen molar-refractivity contribution in [3.05, 3.63) is 11.8 Å². The van der Waals surface area contributed by atoms with E-state index in [1.165, 1.54) is 0 Å². The van der Waals surface area contributed by atoms with Gasteiger partial charge in [0.1, 0.15) is 0 Å². The lowest BCUT2D eigenvalue weighted by Gasteiger charge is -1.99. The summed E-state index contributed by atoms with van der Waals surface area (Å²) in [5, 5.41) is 7.93. The molecule has 0 amide bonds. The van der Waals surface area contributed by atoms with Crippen LogP contribution in [0, 0.1) is 0 Å². The van der Waals surface area contributed by atoms with Gasteiger partial charge in [-0.25, -0.2) is 0 Å². The summed E-state index contributed by atoms with van der Waals surface area (Å²) < 4.78 is 5.66. The zero-order valence-electron chi connectivity index (χ0n) is 8.99. The van der Waals surface area contributed by atoms with Crippen LogP contribution in [0.5, 0.6) is 0 Å². The molecule has 0 saturated heterocycles. The van der Waals surface area contributed by atoms with E-state index >= 15 is 0 Å². The number of aryl methyl sites for hydroxylation is 1. The lowest BCUT2D eigenvalue weighted by molar-refractivity contribution is -0.109. The van der Waals surface area contributed by atoms with Crippen molar-refractivity contribution < 1.29 is 9.21 Å². The lowest BCUT2D eigenvalue weighted by atomic mass is 10.1. The molecule has 0 saturated carbocycles. The number of halogens is 1. The molecule has 4 nitrogen and oxygen atoms in total. The van der Waals surface area contributed by atoms with Gasteiger partial charge < -0.3 is 4.42 Å². The predicted molar refractivity (Wildman–Crippen MR) is 65.0 cm³/mol. The second-order valence-corrected chi connectivity index (χ2v) is 4.76. The van der Waals surface area contributed by atoms with E-state index in [1.54, 1.807) is 22.6 Å². The molecule has 1 heterocycles. The Bertz CT molecular complexity index is 325. The van der Waals surface area contributed by atoms with E-state index in [2.05, 4.69) is 24.0 Å². The molecule has 1 rings (SSSR count). The van der Waals surface area contributed by atoms with Crippen molar-refractivity contribution in [2.45, 2.75) is 45.4 Å². The van der Waals surface area contributed by atoms with Gasteiger partial charge in [-0.2, -0.15) is 0 Å². The lowest BCUT2D eigenvalue weighted by Crippen LogP contribution is -1.90. The molecule has 0 aliphatic heterocycles. The first kappa shape index (κ1) is 12.6. The molecule has 84 valence electrons. The van der Waals surface area contributed by atoms with Gasteiger partial charge >= 0.3 is 0 Å². The van der Waals surface area contributed by atoms with Crippen LogP contribution in [-0.2, 0) is 11.2 Å². The van der Waals surface area contributed by atoms with E-state index in [1.807, 2.05) is 0 Å². The zero-order chi connectivity index (χ0) is 11.3. The Hall–Kier alpha value is -0.460. The molecule has 0 spiro atoms. The molecule has 0 radical (unpaired) electrons. The van der Waals surface area contributed by atoms with E-state index in [-0.39, 0.29) is 3.79 Å². The van der Waals surface area contributed by atoms with E-state index in [9.17, 15) is 4.79 Å². The molecule has 15 heavy (non-hydrogen) atoms. The fourth-order valence-electron chi connectivity index (χ4n) is 1.12. The standard InChI is InChI=1S/C10H15IN2O2/c1-3-7(2)10-13-12-9(15-10)6-4-5-8(11)14/h7H,3-6H2,1-2H3. The summed E-state index contributed by atoms with van der Waals surface area (Å²) in [7, 11) is 0. The summed E-state index contributed by atoms with van der Waals surface area (Å²) in [5.74, 6) is 1.66. The highest BCUT2D eigenvalue weighted by Crippen LogP contribution is 2.17. The Kier molecular flexibility index (Phi) is 5.21. The molecular formula is C10H15IN2O2. The summed E-state index contributed by atoms with van der Waals surface area (Å²) >= 11 is 1.80. The highest BCUT2D eigenvalue weighted by molar-refractivity contribution is 14.1. The van der Waals surface area contributed by atoms with Crippen LogP contribution in [0.4, 0.5) is 0 Å². The van der Waals surface area contributed by atoms with E-state index in [4.69, 9.17) is 4.42 Å². The number of carbonyl (C=O) groups excluding carboxylic acids is 1. The molecule has 0 N–H and O–H groups in total. The summed E-state index contributed by atoms with van der Waals surface area (Å²) in [4.78, 5) is 10.7. The molecule has 1 unspecified atom stereocenters. The molecule has 0 aliphatic carbocycles. The first-order chi connectivity index (χ1) is 7.13. The van der Waals surface area contributed by atoms with Gasteiger partial charge in [0, 0.05) is 18.8 Å². The summed E-state index contributed by atoms with van der Waals surface area (Å²) in [6, 6.07) is 0. The number of aromatic nitrogens is 2. The van der Waals surface area contributed by atoms with Gasteiger partial charge in [0.2, 0.25) is 11.8 Å². The minimum atomic E-state index is 0.175. The summed E-state index contributed by atoms with van der Waals surface area (Å²) in [6.07, 6.45) is 3.04. The third kappa shape index (κ3) is 4.27. The molecule has 1 atom stereocenters. The normalized spacial score (nSPS) is 12.7.